The SMILES string of the molecule is CS(=O)(=O)O.O=c1[nH]c2cc(Cl)ccc2n1CCCO. The molecule has 0 radical (unpaired) electrons. The van der Waals surface area contributed by atoms with E-state index in [1.807, 2.05) is 0 Å². The first-order valence-electron chi connectivity index (χ1n) is 5.63. The molecule has 20 heavy (non-hydrogen) atoms. The number of rotatable bonds is 3. The average molecular weight is 323 g/mol. The van der Waals surface area contributed by atoms with Crippen molar-refractivity contribution in [3.63, 3.8) is 0 Å². The Labute approximate surface area is 120 Å². The fourth-order valence-corrected chi connectivity index (χ4v) is 1.76. The number of aromatic nitrogens is 2. The summed E-state index contributed by atoms with van der Waals surface area (Å²) in [5, 5.41) is 9.32. The molecule has 2 rings (SSSR count). The molecule has 1 aromatic heterocycles. The highest BCUT2D eigenvalue weighted by molar-refractivity contribution is 7.85. The summed E-state index contributed by atoms with van der Waals surface area (Å²) < 4.78 is 27.5. The number of fused-ring (bicyclic) bond motifs is 1. The minimum atomic E-state index is -3.67. The van der Waals surface area contributed by atoms with Gasteiger partial charge in [0, 0.05) is 18.2 Å². The van der Waals surface area contributed by atoms with Gasteiger partial charge in [-0.2, -0.15) is 8.42 Å². The second-order valence-corrected chi connectivity index (χ2v) is 5.96. The number of halogens is 1. The van der Waals surface area contributed by atoms with Crippen molar-refractivity contribution in [2.75, 3.05) is 12.9 Å². The van der Waals surface area contributed by atoms with Gasteiger partial charge in [0.1, 0.15) is 0 Å². The Bertz CT molecular complexity index is 727. The summed E-state index contributed by atoms with van der Waals surface area (Å²) in [7, 11) is -3.67. The Balaban J connectivity index is 0.000000347. The van der Waals surface area contributed by atoms with Crippen molar-refractivity contribution in [2.24, 2.45) is 0 Å². The molecule has 0 aliphatic heterocycles. The fourth-order valence-electron chi connectivity index (χ4n) is 1.59. The molecule has 112 valence electrons. The summed E-state index contributed by atoms with van der Waals surface area (Å²) in [5.74, 6) is 0. The Morgan fingerprint density at radius 1 is 1.40 bits per heavy atom. The van der Waals surface area contributed by atoms with Gasteiger partial charge >= 0.3 is 5.69 Å². The van der Waals surface area contributed by atoms with Gasteiger partial charge in [-0.3, -0.25) is 9.12 Å². The summed E-state index contributed by atoms with van der Waals surface area (Å²) in [6, 6.07) is 5.26. The molecule has 0 aliphatic rings. The molecule has 0 aliphatic carbocycles. The predicted octanol–water partition coefficient (Wildman–Crippen LogP) is 0.869. The first-order chi connectivity index (χ1) is 9.22. The van der Waals surface area contributed by atoms with Crippen LogP contribution in [0, 0.1) is 0 Å². The van der Waals surface area contributed by atoms with Gasteiger partial charge < -0.3 is 10.1 Å². The standard InChI is InChI=1S/C10H11ClN2O2.CH4O3S/c11-7-2-3-9-8(6-7)12-10(15)13(9)4-1-5-14;1-5(2,3)4/h2-3,6,14H,1,4-5H2,(H,12,15);1H3,(H,2,3,4). The number of aliphatic hydroxyl groups excluding tert-OH is 1. The van der Waals surface area contributed by atoms with Gasteiger partial charge in [-0.15, -0.1) is 0 Å². The van der Waals surface area contributed by atoms with Crippen LogP contribution in [0.25, 0.3) is 11.0 Å². The quantitative estimate of drug-likeness (QED) is 0.726. The van der Waals surface area contributed by atoms with E-state index in [-0.39, 0.29) is 12.3 Å². The monoisotopic (exact) mass is 322 g/mol. The summed E-state index contributed by atoms with van der Waals surface area (Å²) in [6.07, 6.45) is 1.28. The van der Waals surface area contributed by atoms with Gasteiger partial charge in [-0.05, 0) is 24.6 Å². The maximum absolute atomic E-state index is 11.5. The van der Waals surface area contributed by atoms with Crippen molar-refractivity contribution in [2.45, 2.75) is 13.0 Å². The molecule has 0 fully saturated rings. The number of benzene rings is 1. The highest BCUT2D eigenvalue weighted by atomic mass is 35.5. The Morgan fingerprint density at radius 2 is 2.00 bits per heavy atom. The molecule has 0 amide bonds. The lowest BCUT2D eigenvalue weighted by Crippen LogP contribution is -2.17. The molecule has 0 unspecified atom stereocenters. The zero-order chi connectivity index (χ0) is 15.3. The molecule has 0 atom stereocenters. The molecule has 1 heterocycles. The smallest absolute Gasteiger partial charge is 0.326 e. The third kappa shape index (κ3) is 5.33. The Morgan fingerprint density at radius 3 is 2.55 bits per heavy atom. The molecule has 0 spiro atoms. The molecule has 0 saturated carbocycles. The fraction of sp³-hybridized carbons (Fsp3) is 0.364. The Kier molecular flexibility index (Phi) is 5.75. The summed E-state index contributed by atoms with van der Waals surface area (Å²) in [5.41, 5.74) is 1.38. The molecular formula is C11H15ClN2O5S. The van der Waals surface area contributed by atoms with Gasteiger partial charge in [-0.1, -0.05) is 11.6 Å². The van der Waals surface area contributed by atoms with Crippen molar-refractivity contribution in [3.8, 4) is 0 Å². The summed E-state index contributed by atoms with van der Waals surface area (Å²) >= 11 is 5.81. The van der Waals surface area contributed by atoms with E-state index in [0.717, 1.165) is 11.0 Å². The van der Waals surface area contributed by atoms with Crippen molar-refractivity contribution < 1.29 is 18.1 Å². The highest BCUT2D eigenvalue weighted by Gasteiger charge is 2.05. The van der Waals surface area contributed by atoms with Crippen LogP contribution >= 0.6 is 11.6 Å². The third-order valence-corrected chi connectivity index (χ3v) is 2.51. The maximum atomic E-state index is 11.5. The van der Waals surface area contributed by atoms with Crippen LogP contribution in [0.3, 0.4) is 0 Å². The third-order valence-electron chi connectivity index (χ3n) is 2.28. The van der Waals surface area contributed by atoms with E-state index >= 15 is 0 Å². The Hall–Kier alpha value is -1.35. The van der Waals surface area contributed by atoms with Gasteiger partial charge in [0.15, 0.2) is 0 Å². The lowest BCUT2D eigenvalue weighted by atomic mass is 10.3. The minimum absolute atomic E-state index is 0.0761. The van der Waals surface area contributed by atoms with E-state index in [1.54, 1.807) is 22.8 Å². The van der Waals surface area contributed by atoms with Crippen molar-refractivity contribution in [1.82, 2.24) is 9.55 Å². The first-order valence-corrected chi connectivity index (χ1v) is 7.86. The van der Waals surface area contributed by atoms with Gasteiger partial charge in [0.05, 0.1) is 17.3 Å². The molecule has 0 saturated heterocycles. The van der Waals surface area contributed by atoms with Crippen molar-refractivity contribution in [3.05, 3.63) is 33.7 Å². The first kappa shape index (κ1) is 16.7. The van der Waals surface area contributed by atoms with Crippen molar-refractivity contribution >= 4 is 32.8 Å². The number of aromatic amines is 1. The maximum Gasteiger partial charge on any atom is 0.326 e. The normalized spacial score (nSPS) is 11.2. The molecule has 2 aromatic rings. The zero-order valence-corrected chi connectivity index (χ0v) is 12.3. The van der Waals surface area contributed by atoms with Crippen LogP contribution in [0.5, 0.6) is 0 Å². The van der Waals surface area contributed by atoms with Crippen LogP contribution in [0.15, 0.2) is 23.0 Å². The van der Waals surface area contributed by atoms with Gasteiger partial charge in [0.2, 0.25) is 0 Å². The van der Waals surface area contributed by atoms with Gasteiger partial charge in [0.25, 0.3) is 10.1 Å². The average Bonchev–Trinajstić information content (AvgIpc) is 2.59. The lowest BCUT2D eigenvalue weighted by molar-refractivity contribution is 0.280. The van der Waals surface area contributed by atoms with E-state index in [1.165, 1.54) is 0 Å². The minimum Gasteiger partial charge on any atom is -0.396 e. The summed E-state index contributed by atoms with van der Waals surface area (Å²) in [4.78, 5) is 14.3. The number of aryl methyl sites for hydroxylation is 1. The van der Waals surface area contributed by atoms with E-state index in [9.17, 15) is 13.2 Å². The van der Waals surface area contributed by atoms with E-state index < -0.39 is 10.1 Å². The van der Waals surface area contributed by atoms with Crippen LogP contribution in [0.4, 0.5) is 0 Å². The van der Waals surface area contributed by atoms with Crippen LogP contribution in [-0.2, 0) is 16.7 Å². The molecule has 1 aromatic carbocycles. The predicted molar refractivity (Wildman–Crippen MR) is 76.7 cm³/mol. The molecular weight excluding hydrogens is 308 g/mol. The molecule has 9 heteroatoms. The largest absolute Gasteiger partial charge is 0.396 e. The van der Waals surface area contributed by atoms with Crippen molar-refractivity contribution in [1.29, 1.82) is 0 Å². The van der Waals surface area contributed by atoms with Gasteiger partial charge in [-0.25, -0.2) is 4.79 Å². The highest BCUT2D eigenvalue weighted by Crippen LogP contribution is 2.16. The summed E-state index contributed by atoms with van der Waals surface area (Å²) in [6.45, 7) is 0.587. The number of H-pyrrole nitrogens is 1. The zero-order valence-electron chi connectivity index (χ0n) is 10.7. The number of hydrogen-bond acceptors (Lipinski definition) is 4. The van der Waals surface area contributed by atoms with Crippen LogP contribution in [-0.4, -0.2) is 40.5 Å². The number of aliphatic hydroxyl groups is 1. The number of nitrogens with one attached hydrogen (secondary N) is 1. The number of imidazole rings is 1. The topological polar surface area (TPSA) is 112 Å². The van der Waals surface area contributed by atoms with E-state index in [0.29, 0.717) is 24.2 Å². The number of nitrogens with zero attached hydrogens (tertiary/aromatic N) is 1. The lowest BCUT2D eigenvalue weighted by Gasteiger charge is -2.00. The van der Waals surface area contributed by atoms with E-state index in [4.69, 9.17) is 21.3 Å². The second-order valence-electron chi connectivity index (χ2n) is 4.05. The van der Waals surface area contributed by atoms with Crippen LogP contribution in [0.1, 0.15) is 6.42 Å². The van der Waals surface area contributed by atoms with Crippen LogP contribution in [0.2, 0.25) is 5.02 Å². The molecule has 7 nitrogen and oxygen atoms in total. The number of hydrogen-bond donors (Lipinski definition) is 3. The van der Waals surface area contributed by atoms with E-state index in [2.05, 4.69) is 4.98 Å². The molecule has 3 N–H and O–H groups in total. The van der Waals surface area contributed by atoms with Crippen LogP contribution < -0.4 is 5.69 Å². The second kappa shape index (κ2) is 6.89. The molecule has 0 bridgehead atoms.